The molecule has 1 aromatic heterocycles. The largest absolute Gasteiger partial charge is 0.396 e. The molecule has 0 amide bonds. The third-order valence-corrected chi connectivity index (χ3v) is 4.49. The molecule has 0 fully saturated rings. The second kappa shape index (κ2) is 7.31. The van der Waals surface area contributed by atoms with Crippen LogP contribution in [-0.4, -0.2) is 25.1 Å². The van der Waals surface area contributed by atoms with Gasteiger partial charge in [-0.05, 0) is 48.2 Å². The number of aliphatic hydroxyl groups is 1. The van der Waals surface area contributed by atoms with E-state index in [1.165, 1.54) is 0 Å². The summed E-state index contributed by atoms with van der Waals surface area (Å²) in [7, 11) is -3.52. The Hall–Kier alpha value is -1.76. The molecule has 1 heterocycles. The van der Waals surface area contributed by atoms with E-state index in [-0.39, 0.29) is 18.0 Å². The Morgan fingerprint density at radius 1 is 1.00 bits per heavy atom. The van der Waals surface area contributed by atoms with Crippen molar-refractivity contribution in [3.05, 3.63) is 59.9 Å². The fourth-order valence-electron chi connectivity index (χ4n) is 1.88. The van der Waals surface area contributed by atoms with Gasteiger partial charge in [-0.2, -0.15) is 0 Å². The number of benzene rings is 1. The Kier molecular flexibility index (Phi) is 5.44. The molecular formula is C15H18N2O3S. The number of aryl methyl sites for hydroxylation is 1. The molecule has 2 aromatic rings. The van der Waals surface area contributed by atoms with Crippen LogP contribution in [0.5, 0.6) is 0 Å². The van der Waals surface area contributed by atoms with Crippen LogP contribution in [0.4, 0.5) is 0 Å². The van der Waals surface area contributed by atoms with E-state index in [0.29, 0.717) is 6.42 Å². The van der Waals surface area contributed by atoms with Crippen LogP contribution in [0.2, 0.25) is 0 Å². The molecule has 2 N–H and O–H groups in total. The van der Waals surface area contributed by atoms with E-state index in [9.17, 15) is 8.42 Å². The van der Waals surface area contributed by atoms with E-state index in [0.717, 1.165) is 17.5 Å². The molecule has 2 rings (SSSR count). The molecule has 1 aromatic carbocycles. The number of aromatic nitrogens is 1. The van der Waals surface area contributed by atoms with Gasteiger partial charge in [-0.3, -0.25) is 4.98 Å². The molecular weight excluding hydrogens is 288 g/mol. The number of sulfonamides is 1. The van der Waals surface area contributed by atoms with Crippen LogP contribution in [0, 0.1) is 0 Å². The van der Waals surface area contributed by atoms with Gasteiger partial charge < -0.3 is 5.11 Å². The molecule has 0 spiro atoms. The van der Waals surface area contributed by atoms with Gasteiger partial charge in [0, 0.05) is 25.5 Å². The number of pyridine rings is 1. The van der Waals surface area contributed by atoms with Gasteiger partial charge in [0.25, 0.3) is 0 Å². The first-order valence-electron chi connectivity index (χ1n) is 6.70. The Morgan fingerprint density at radius 2 is 1.67 bits per heavy atom. The van der Waals surface area contributed by atoms with E-state index in [1.807, 2.05) is 0 Å². The third-order valence-electron chi connectivity index (χ3n) is 3.07. The first-order chi connectivity index (χ1) is 10.1. The maximum absolute atomic E-state index is 12.2. The molecule has 0 radical (unpaired) electrons. The highest BCUT2D eigenvalue weighted by Crippen LogP contribution is 2.12. The van der Waals surface area contributed by atoms with Crippen molar-refractivity contribution < 1.29 is 13.5 Å². The van der Waals surface area contributed by atoms with Gasteiger partial charge in [-0.1, -0.05) is 12.1 Å². The fraction of sp³-hybridized carbons (Fsp3) is 0.267. The molecule has 0 bridgehead atoms. The van der Waals surface area contributed by atoms with Gasteiger partial charge >= 0.3 is 0 Å². The van der Waals surface area contributed by atoms with Gasteiger partial charge in [0.2, 0.25) is 10.0 Å². The molecule has 0 aliphatic rings. The standard InChI is InChI=1S/C15H18N2O3S/c18-11-1-2-13-3-5-15(6-4-13)21(19,20)17-12-14-7-9-16-10-8-14/h3-10,17-18H,1-2,11-12H2. The van der Waals surface area contributed by atoms with E-state index in [4.69, 9.17) is 5.11 Å². The minimum absolute atomic E-state index is 0.132. The van der Waals surface area contributed by atoms with Gasteiger partial charge in [0.1, 0.15) is 0 Å². The highest BCUT2D eigenvalue weighted by Gasteiger charge is 2.13. The van der Waals surface area contributed by atoms with Crippen LogP contribution in [0.1, 0.15) is 17.5 Å². The van der Waals surface area contributed by atoms with E-state index in [1.54, 1.807) is 48.8 Å². The first kappa shape index (κ1) is 15.6. The minimum Gasteiger partial charge on any atom is -0.396 e. The average molecular weight is 306 g/mol. The van der Waals surface area contributed by atoms with Crippen LogP contribution in [-0.2, 0) is 23.0 Å². The van der Waals surface area contributed by atoms with Crippen molar-refractivity contribution in [2.24, 2.45) is 0 Å². The Balaban J connectivity index is 2.02. The number of rotatable bonds is 7. The zero-order valence-electron chi connectivity index (χ0n) is 11.6. The maximum Gasteiger partial charge on any atom is 0.240 e. The molecule has 21 heavy (non-hydrogen) atoms. The summed E-state index contributed by atoms with van der Waals surface area (Å²) in [6, 6.07) is 10.2. The van der Waals surface area contributed by atoms with Gasteiger partial charge in [-0.25, -0.2) is 13.1 Å². The lowest BCUT2D eigenvalue weighted by Gasteiger charge is -2.07. The Morgan fingerprint density at radius 3 is 2.29 bits per heavy atom. The summed E-state index contributed by atoms with van der Waals surface area (Å²) < 4.78 is 26.9. The second-order valence-electron chi connectivity index (χ2n) is 4.65. The van der Waals surface area contributed by atoms with Crippen molar-refractivity contribution in [1.82, 2.24) is 9.71 Å². The molecule has 6 heteroatoms. The number of aliphatic hydroxyl groups excluding tert-OH is 1. The lowest BCUT2D eigenvalue weighted by atomic mass is 10.1. The summed E-state index contributed by atoms with van der Waals surface area (Å²) in [4.78, 5) is 4.13. The Labute approximate surface area is 124 Å². The van der Waals surface area contributed by atoms with Crippen LogP contribution in [0.25, 0.3) is 0 Å². The predicted molar refractivity (Wildman–Crippen MR) is 80.1 cm³/mol. The second-order valence-corrected chi connectivity index (χ2v) is 6.42. The minimum atomic E-state index is -3.52. The molecule has 0 unspecified atom stereocenters. The molecule has 112 valence electrons. The van der Waals surface area contributed by atoms with Crippen molar-refractivity contribution in [1.29, 1.82) is 0 Å². The monoisotopic (exact) mass is 306 g/mol. The van der Waals surface area contributed by atoms with Crippen molar-refractivity contribution >= 4 is 10.0 Å². The quantitative estimate of drug-likeness (QED) is 0.812. The lowest BCUT2D eigenvalue weighted by molar-refractivity contribution is 0.288. The maximum atomic E-state index is 12.2. The van der Waals surface area contributed by atoms with Crippen molar-refractivity contribution in [2.45, 2.75) is 24.3 Å². The van der Waals surface area contributed by atoms with Gasteiger partial charge in [-0.15, -0.1) is 0 Å². The van der Waals surface area contributed by atoms with E-state index < -0.39 is 10.0 Å². The SMILES string of the molecule is O=S(=O)(NCc1ccncc1)c1ccc(CCCO)cc1. The first-order valence-corrected chi connectivity index (χ1v) is 8.18. The van der Waals surface area contributed by atoms with Crippen LogP contribution >= 0.6 is 0 Å². The lowest BCUT2D eigenvalue weighted by Crippen LogP contribution is -2.23. The Bertz CT molecular complexity index is 655. The average Bonchev–Trinajstić information content (AvgIpc) is 2.52. The smallest absolute Gasteiger partial charge is 0.240 e. The van der Waals surface area contributed by atoms with Gasteiger partial charge in [0.15, 0.2) is 0 Å². The molecule has 0 aliphatic heterocycles. The topological polar surface area (TPSA) is 79.3 Å². The molecule has 0 saturated carbocycles. The molecule has 5 nitrogen and oxygen atoms in total. The summed E-state index contributed by atoms with van der Waals surface area (Å²) in [5, 5.41) is 8.78. The summed E-state index contributed by atoms with van der Waals surface area (Å²) in [6.45, 7) is 0.366. The molecule has 0 saturated heterocycles. The highest BCUT2D eigenvalue weighted by molar-refractivity contribution is 7.89. The van der Waals surface area contributed by atoms with E-state index in [2.05, 4.69) is 9.71 Å². The highest BCUT2D eigenvalue weighted by atomic mass is 32.2. The summed E-state index contributed by atoms with van der Waals surface area (Å²) in [5.74, 6) is 0. The van der Waals surface area contributed by atoms with Crippen molar-refractivity contribution in [3.63, 3.8) is 0 Å². The van der Waals surface area contributed by atoms with E-state index >= 15 is 0 Å². The van der Waals surface area contributed by atoms with Crippen LogP contribution in [0.15, 0.2) is 53.7 Å². The summed E-state index contributed by atoms with van der Waals surface area (Å²) in [5.41, 5.74) is 1.87. The van der Waals surface area contributed by atoms with Crippen molar-refractivity contribution in [2.75, 3.05) is 6.61 Å². The zero-order chi connectivity index (χ0) is 15.1. The number of hydrogen-bond donors (Lipinski definition) is 2. The predicted octanol–water partition coefficient (Wildman–Crippen LogP) is 1.49. The number of nitrogens with one attached hydrogen (secondary N) is 1. The number of hydrogen-bond acceptors (Lipinski definition) is 4. The summed E-state index contributed by atoms with van der Waals surface area (Å²) >= 11 is 0. The molecule has 0 atom stereocenters. The number of nitrogens with zero attached hydrogens (tertiary/aromatic N) is 1. The van der Waals surface area contributed by atoms with Crippen molar-refractivity contribution in [3.8, 4) is 0 Å². The summed E-state index contributed by atoms with van der Waals surface area (Å²) in [6.07, 6.45) is 4.66. The third kappa shape index (κ3) is 4.63. The van der Waals surface area contributed by atoms with Crippen LogP contribution < -0.4 is 4.72 Å². The van der Waals surface area contributed by atoms with Gasteiger partial charge in [0.05, 0.1) is 4.90 Å². The molecule has 0 aliphatic carbocycles. The van der Waals surface area contributed by atoms with Crippen LogP contribution in [0.3, 0.4) is 0 Å². The zero-order valence-corrected chi connectivity index (χ0v) is 12.4. The fourth-order valence-corrected chi connectivity index (χ4v) is 2.90. The normalized spacial score (nSPS) is 11.5.